The molecule has 2 rings (SSSR count). The molecule has 0 fully saturated rings. The zero-order chi connectivity index (χ0) is 14.4. The van der Waals surface area contributed by atoms with Crippen molar-refractivity contribution in [2.24, 2.45) is 0 Å². The molecule has 0 aromatic heterocycles. The van der Waals surface area contributed by atoms with Gasteiger partial charge in [0.05, 0.1) is 0 Å². The van der Waals surface area contributed by atoms with Crippen LogP contribution in [-0.4, -0.2) is 29.8 Å². The van der Waals surface area contributed by atoms with Gasteiger partial charge in [0.2, 0.25) is 0 Å². The third kappa shape index (κ3) is 3.78. The van der Waals surface area contributed by atoms with E-state index in [0.717, 1.165) is 25.9 Å². The zero-order valence-corrected chi connectivity index (χ0v) is 11.8. The highest BCUT2D eigenvalue weighted by Gasteiger charge is 2.22. The van der Waals surface area contributed by atoms with Crippen LogP contribution in [0.4, 0.5) is 0 Å². The summed E-state index contributed by atoms with van der Waals surface area (Å²) in [5.74, 6) is -0.396. The smallest absolute Gasteiger partial charge is 0.253 e. The second-order valence-corrected chi connectivity index (χ2v) is 4.86. The molecule has 0 aliphatic carbocycles. The van der Waals surface area contributed by atoms with Gasteiger partial charge in [0.25, 0.3) is 11.8 Å². The van der Waals surface area contributed by atoms with Crippen molar-refractivity contribution in [2.75, 3.05) is 13.1 Å². The van der Waals surface area contributed by atoms with E-state index in [1.807, 2.05) is 0 Å². The largest absolute Gasteiger partial charge is 0.313 e. The molecule has 20 heavy (non-hydrogen) atoms. The minimum absolute atomic E-state index is 0.198. The van der Waals surface area contributed by atoms with Gasteiger partial charge < -0.3 is 5.32 Å². The third-order valence-corrected chi connectivity index (χ3v) is 3.35. The molecule has 1 N–H and O–H groups in total. The van der Waals surface area contributed by atoms with Gasteiger partial charge in [-0.25, -0.2) is 0 Å². The molecular weight excluding hydrogens is 252 g/mol. The maximum atomic E-state index is 11.4. The van der Waals surface area contributed by atoms with Crippen molar-refractivity contribution >= 4 is 11.8 Å². The molecule has 0 radical (unpaired) electrons. The van der Waals surface area contributed by atoms with E-state index in [4.69, 9.17) is 0 Å². The van der Waals surface area contributed by atoms with Gasteiger partial charge in [0, 0.05) is 25.2 Å². The molecule has 1 aromatic rings. The van der Waals surface area contributed by atoms with Crippen LogP contribution in [0, 0.1) is 0 Å². The molecule has 0 atom stereocenters. The maximum Gasteiger partial charge on any atom is 0.253 e. The van der Waals surface area contributed by atoms with Crippen LogP contribution in [0.15, 0.2) is 36.4 Å². The third-order valence-electron chi connectivity index (χ3n) is 3.35. The SMILES string of the molecule is CCNCc1ccc(CCCN2C(=O)C=CC2=O)cc1. The summed E-state index contributed by atoms with van der Waals surface area (Å²) in [6, 6.07) is 8.45. The Morgan fingerprint density at radius 2 is 1.60 bits per heavy atom. The topological polar surface area (TPSA) is 49.4 Å². The fourth-order valence-corrected chi connectivity index (χ4v) is 2.19. The normalized spacial score (nSPS) is 14.3. The average molecular weight is 272 g/mol. The van der Waals surface area contributed by atoms with Crippen LogP contribution < -0.4 is 5.32 Å². The molecule has 0 saturated carbocycles. The van der Waals surface area contributed by atoms with E-state index in [2.05, 4.69) is 36.5 Å². The molecule has 1 aromatic carbocycles. The maximum absolute atomic E-state index is 11.4. The molecule has 0 saturated heterocycles. The van der Waals surface area contributed by atoms with E-state index in [0.29, 0.717) is 6.54 Å². The van der Waals surface area contributed by atoms with Gasteiger partial charge in [-0.3, -0.25) is 14.5 Å². The summed E-state index contributed by atoms with van der Waals surface area (Å²) in [4.78, 5) is 24.1. The predicted octanol–water partition coefficient (Wildman–Crippen LogP) is 1.65. The molecule has 0 unspecified atom stereocenters. The van der Waals surface area contributed by atoms with Crippen LogP contribution in [0.1, 0.15) is 24.5 Å². The number of hydrogen-bond acceptors (Lipinski definition) is 3. The van der Waals surface area contributed by atoms with Crippen LogP contribution >= 0.6 is 0 Å². The Kier molecular flexibility index (Phi) is 5.07. The van der Waals surface area contributed by atoms with E-state index < -0.39 is 0 Å². The van der Waals surface area contributed by atoms with E-state index in [1.165, 1.54) is 28.2 Å². The number of carbonyl (C=O) groups is 2. The van der Waals surface area contributed by atoms with Gasteiger partial charge in [-0.1, -0.05) is 31.2 Å². The van der Waals surface area contributed by atoms with Crippen molar-refractivity contribution in [3.63, 3.8) is 0 Å². The first-order valence-electron chi connectivity index (χ1n) is 7.03. The first kappa shape index (κ1) is 14.5. The number of imide groups is 1. The van der Waals surface area contributed by atoms with E-state index in [9.17, 15) is 9.59 Å². The number of carbonyl (C=O) groups excluding carboxylic acids is 2. The van der Waals surface area contributed by atoms with Gasteiger partial charge in [0.15, 0.2) is 0 Å². The summed E-state index contributed by atoms with van der Waals surface area (Å²) in [5.41, 5.74) is 2.50. The lowest BCUT2D eigenvalue weighted by Crippen LogP contribution is -2.31. The number of amides is 2. The minimum atomic E-state index is -0.198. The monoisotopic (exact) mass is 272 g/mol. The Labute approximate surface area is 119 Å². The highest BCUT2D eigenvalue weighted by molar-refractivity contribution is 6.12. The quantitative estimate of drug-likeness (QED) is 0.768. The van der Waals surface area contributed by atoms with Crippen LogP contribution in [0.2, 0.25) is 0 Å². The number of rotatable bonds is 7. The summed E-state index contributed by atoms with van der Waals surface area (Å²) < 4.78 is 0. The van der Waals surface area contributed by atoms with Crippen molar-refractivity contribution in [1.82, 2.24) is 10.2 Å². The van der Waals surface area contributed by atoms with Crippen molar-refractivity contribution in [3.05, 3.63) is 47.5 Å². The molecule has 1 aliphatic rings. The standard InChI is InChI=1S/C16H20N2O2/c1-2-17-12-14-7-5-13(6-8-14)4-3-11-18-15(19)9-10-16(18)20/h5-10,17H,2-4,11-12H2,1H3. The molecule has 2 amide bonds. The van der Waals surface area contributed by atoms with Gasteiger partial charge in [0.1, 0.15) is 0 Å². The van der Waals surface area contributed by atoms with E-state index >= 15 is 0 Å². The first-order valence-corrected chi connectivity index (χ1v) is 7.03. The number of aryl methyl sites for hydroxylation is 1. The highest BCUT2D eigenvalue weighted by Crippen LogP contribution is 2.09. The van der Waals surface area contributed by atoms with Gasteiger partial charge in [-0.15, -0.1) is 0 Å². The van der Waals surface area contributed by atoms with Crippen molar-refractivity contribution < 1.29 is 9.59 Å². The van der Waals surface area contributed by atoms with Crippen LogP contribution in [0.25, 0.3) is 0 Å². The number of benzene rings is 1. The van der Waals surface area contributed by atoms with E-state index in [1.54, 1.807) is 0 Å². The molecule has 4 nitrogen and oxygen atoms in total. The molecule has 1 heterocycles. The Morgan fingerprint density at radius 3 is 2.20 bits per heavy atom. The Bertz CT molecular complexity index is 488. The Hall–Kier alpha value is -1.94. The zero-order valence-electron chi connectivity index (χ0n) is 11.8. The molecule has 1 aliphatic heterocycles. The van der Waals surface area contributed by atoms with Gasteiger partial charge >= 0.3 is 0 Å². The van der Waals surface area contributed by atoms with Gasteiger partial charge in [-0.2, -0.15) is 0 Å². The van der Waals surface area contributed by atoms with E-state index in [-0.39, 0.29) is 11.8 Å². The van der Waals surface area contributed by atoms with Crippen LogP contribution in [0.3, 0.4) is 0 Å². The van der Waals surface area contributed by atoms with Crippen LogP contribution in [0.5, 0.6) is 0 Å². The number of nitrogens with zero attached hydrogens (tertiary/aromatic N) is 1. The molecule has 0 spiro atoms. The lowest BCUT2D eigenvalue weighted by molar-refractivity contribution is -0.136. The fraction of sp³-hybridized carbons (Fsp3) is 0.375. The Balaban J connectivity index is 1.77. The van der Waals surface area contributed by atoms with Gasteiger partial charge in [-0.05, 0) is 30.5 Å². The summed E-state index contributed by atoms with van der Waals surface area (Å²) in [5, 5.41) is 3.29. The lowest BCUT2D eigenvalue weighted by atomic mass is 10.1. The molecule has 4 heteroatoms. The minimum Gasteiger partial charge on any atom is -0.313 e. The number of nitrogens with one attached hydrogen (secondary N) is 1. The highest BCUT2D eigenvalue weighted by atomic mass is 16.2. The van der Waals surface area contributed by atoms with Crippen molar-refractivity contribution in [2.45, 2.75) is 26.3 Å². The second kappa shape index (κ2) is 7.01. The van der Waals surface area contributed by atoms with Crippen molar-refractivity contribution in [3.8, 4) is 0 Å². The second-order valence-electron chi connectivity index (χ2n) is 4.86. The lowest BCUT2D eigenvalue weighted by Gasteiger charge is -2.13. The molecular formula is C16H20N2O2. The summed E-state index contributed by atoms with van der Waals surface area (Å²) in [7, 11) is 0. The molecule has 106 valence electrons. The number of hydrogen-bond donors (Lipinski definition) is 1. The summed E-state index contributed by atoms with van der Waals surface area (Å²) in [6.07, 6.45) is 4.33. The van der Waals surface area contributed by atoms with Crippen molar-refractivity contribution in [1.29, 1.82) is 0 Å². The first-order chi connectivity index (χ1) is 9.70. The molecule has 0 bridgehead atoms. The summed E-state index contributed by atoms with van der Waals surface area (Å²) in [6.45, 7) is 4.43. The predicted molar refractivity (Wildman–Crippen MR) is 78.0 cm³/mol. The fourth-order valence-electron chi connectivity index (χ4n) is 2.19. The Morgan fingerprint density at radius 1 is 1.00 bits per heavy atom. The van der Waals surface area contributed by atoms with Crippen LogP contribution in [-0.2, 0) is 22.6 Å². The summed E-state index contributed by atoms with van der Waals surface area (Å²) >= 11 is 0. The average Bonchev–Trinajstić information content (AvgIpc) is 2.78.